The highest BCUT2D eigenvalue weighted by molar-refractivity contribution is 9.10. The predicted molar refractivity (Wildman–Crippen MR) is 155 cm³/mol. The third kappa shape index (κ3) is 6.59. The molecule has 40 heavy (non-hydrogen) atoms. The van der Waals surface area contributed by atoms with Crippen LogP contribution < -0.4 is 5.32 Å². The van der Waals surface area contributed by atoms with Crippen molar-refractivity contribution in [1.29, 1.82) is 0 Å². The number of likely N-dealkylation sites (tertiary alicyclic amines) is 1. The number of nitrogens with one attached hydrogen (secondary N) is 1. The summed E-state index contributed by atoms with van der Waals surface area (Å²) in [5.41, 5.74) is 3.47. The molecule has 5 rings (SSSR count). The van der Waals surface area contributed by atoms with Gasteiger partial charge in [0.25, 0.3) is 0 Å². The molecule has 2 heterocycles. The van der Waals surface area contributed by atoms with Gasteiger partial charge in [-0.1, -0.05) is 58.4 Å². The number of anilines is 1. The van der Waals surface area contributed by atoms with Crippen molar-refractivity contribution in [3.05, 3.63) is 99.5 Å². The summed E-state index contributed by atoms with van der Waals surface area (Å²) in [4.78, 5) is 32.6. The number of carbonyl (C=O) groups is 2. The van der Waals surface area contributed by atoms with E-state index in [1.54, 1.807) is 6.07 Å². The minimum absolute atomic E-state index is 0.172. The van der Waals surface area contributed by atoms with Gasteiger partial charge in [0.15, 0.2) is 11.6 Å². The van der Waals surface area contributed by atoms with Crippen molar-refractivity contribution in [2.24, 2.45) is 0 Å². The Morgan fingerprint density at radius 1 is 0.875 bits per heavy atom. The first-order valence-electron chi connectivity index (χ1n) is 13.6. The molecule has 0 saturated carbocycles. The van der Waals surface area contributed by atoms with Crippen LogP contribution in [0.5, 0.6) is 0 Å². The number of halogens is 3. The molecular weight excluding hydrogens is 578 g/mol. The molecule has 0 radical (unpaired) electrons. The lowest BCUT2D eigenvalue weighted by Crippen LogP contribution is -2.45. The van der Waals surface area contributed by atoms with Crippen molar-refractivity contribution in [1.82, 2.24) is 14.7 Å². The van der Waals surface area contributed by atoms with Gasteiger partial charge < -0.3 is 10.2 Å². The molecule has 2 amide bonds. The molecule has 9 heteroatoms. The highest BCUT2D eigenvalue weighted by Crippen LogP contribution is 2.34. The van der Waals surface area contributed by atoms with Crippen molar-refractivity contribution in [3.8, 4) is 0 Å². The molecule has 0 bridgehead atoms. The first-order chi connectivity index (χ1) is 19.3. The Labute approximate surface area is 242 Å². The number of hydrogen-bond donors (Lipinski definition) is 1. The highest BCUT2D eigenvalue weighted by atomic mass is 79.9. The molecule has 2 atom stereocenters. The lowest BCUT2D eigenvalue weighted by Gasteiger charge is -2.35. The Hall–Kier alpha value is -3.14. The summed E-state index contributed by atoms with van der Waals surface area (Å²) in [5, 5.41) is 2.84. The Balaban J connectivity index is 1.19. The largest absolute Gasteiger partial charge is 0.331 e. The highest BCUT2D eigenvalue weighted by Gasteiger charge is 2.37. The van der Waals surface area contributed by atoms with E-state index >= 15 is 0 Å². The number of piperazine rings is 1. The van der Waals surface area contributed by atoms with Crippen LogP contribution >= 0.6 is 15.9 Å². The van der Waals surface area contributed by atoms with E-state index in [1.807, 2.05) is 31.2 Å². The number of carbonyl (C=O) groups excluding carboxylic acids is 2. The molecule has 6 nitrogen and oxygen atoms in total. The maximum Gasteiger partial charge on any atom is 0.313 e. The van der Waals surface area contributed by atoms with Gasteiger partial charge in [0, 0.05) is 67.9 Å². The molecule has 0 spiro atoms. The van der Waals surface area contributed by atoms with Crippen LogP contribution in [-0.4, -0.2) is 65.3 Å². The lowest BCUT2D eigenvalue weighted by molar-refractivity contribution is -0.143. The van der Waals surface area contributed by atoms with Crippen LogP contribution in [-0.2, 0) is 22.7 Å². The Bertz CT molecular complexity index is 1360. The first kappa shape index (κ1) is 28.4. The quantitative estimate of drug-likeness (QED) is 0.380. The second-order valence-corrected chi connectivity index (χ2v) is 11.5. The second-order valence-electron chi connectivity index (χ2n) is 10.6. The summed E-state index contributed by atoms with van der Waals surface area (Å²) in [5.74, 6) is -3.32. The zero-order chi connectivity index (χ0) is 28.2. The minimum atomic E-state index is -0.910. The van der Waals surface area contributed by atoms with Gasteiger partial charge in [0.1, 0.15) is 0 Å². The molecule has 1 N–H and O–H groups in total. The van der Waals surface area contributed by atoms with Crippen LogP contribution in [0.4, 0.5) is 14.5 Å². The van der Waals surface area contributed by atoms with E-state index in [1.165, 1.54) is 16.5 Å². The Morgan fingerprint density at radius 3 is 2.27 bits per heavy atom. The van der Waals surface area contributed by atoms with Crippen molar-refractivity contribution in [2.45, 2.75) is 38.4 Å². The summed E-state index contributed by atoms with van der Waals surface area (Å²) in [6.07, 6.45) is 0.573. The molecule has 2 aliphatic heterocycles. The fourth-order valence-corrected chi connectivity index (χ4v) is 6.07. The van der Waals surface area contributed by atoms with E-state index in [4.69, 9.17) is 0 Å². The third-order valence-corrected chi connectivity index (χ3v) is 8.50. The molecule has 210 valence electrons. The number of amides is 2. The van der Waals surface area contributed by atoms with Crippen LogP contribution in [0.1, 0.15) is 36.0 Å². The summed E-state index contributed by atoms with van der Waals surface area (Å²) in [7, 11) is 0. The standard InChI is InChI=1S/C31H33BrF2N4O2/c1-21-26(23-8-10-27(33)28(34)17-23)11-12-38(21)31(40)30(39)35-29-18-25(32)9-7-24(29)20-37-15-13-36(14-16-37)19-22-5-3-2-4-6-22/h2-10,17-18,21,26H,11-16,19-20H2,1H3,(H,35,39). The number of nitrogens with zero attached hydrogens (tertiary/aromatic N) is 3. The van der Waals surface area contributed by atoms with Gasteiger partial charge in [-0.05, 0) is 54.3 Å². The summed E-state index contributed by atoms with van der Waals surface area (Å²) in [6.45, 7) is 7.53. The van der Waals surface area contributed by atoms with Crippen LogP contribution in [0, 0.1) is 11.6 Å². The van der Waals surface area contributed by atoms with E-state index in [9.17, 15) is 18.4 Å². The Morgan fingerprint density at radius 2 is 1.57 bits per heavy atom. The van der Waals surface area contributed by atoms with Crippen molar-refractivity contribution < 1.29 is 18.4 Å². The molecule has 2 aliphatic rings. The average molecular weight is 612 g/mol. The normalized spacial score (nSPS) is 20.1. The predicted octanol–water partition coefficient (Wildman–Crippen LogP) is 5.39. The van der Waals surface area contributed by atoms with Gasteiger partial charge >= 0.3 is 11.8 Å². The molecule has 3 aromatic rings. The van der Waals surface area contributed by atoms with Crippen molar-refractivity contribution in [2.75, 3.05) is 38.0 Å². The van der Waals surface area contributed by atoms with Crippen LogP contribution in [0.3, 0.4) is 0 Å². The summed E-state index contributed by atoms with van der Waals surface area (Å²) in [6, 6.07) is 19.7. The van der Waals surface area contributed by atoms with E-state index in [-0.39, 0.29) is 12.0 Å². The van der Waals surface area contributed by atoms with Gasteiger partial charge in [0.2, 0.25) is 0 Å². The van der Waals surface area contributed by atoms with Gasteiger partial charge in [-0.2, -0.15) is 0 Å². The molecular formula is C31H33BrF2N4O2. The zero-order valence-electron chi connectivity index (χ0n) is 22.5. The molecule has 0 aromatic heterocycles. The summed E-state index contributed by atoms with van der Waals surface area (Å²) < 4.78 is 28.0. The molecule has 2 fully saturated rings. The maximum atomic E-state index is 13.8. The molecule has 3 aromatic carbocycles. The maximum absolute atomic E-state index is 13.8. The van der Waals surface area contributed by atoms with Gasteiger partial charge in [-0.15, -0.1) is 0 Å². The second kappa shape index (κ2) is 12.6. The number of rotatable bonds is 6. The molecule has 0 aliphatic carbocycles. The monoisotopic (exact) mass is 610 g/mol. The number of benzene rings is 3. The molecule has 2 unspecified atom stereocenters. The van der Waals surface area contributed by atoms with E-state index in [0.717, 1.165) is 48.8 Å². The van der Waals surface area contributed by atoms with E-state index in [0.29, 0.717) is 30.8 Å². The van der Waals surface area contributed by atoms with E-state index in [2.05, 4.69) is 55.3 Å². The smallest absolute Gasteiger partial charge is 0.313 e. The van der Waals surface area contributed by atoms with Crippen molar-refractivity contribution in [3.63, 3.8) is 0 Å². The fourth-order valence-electron chi connectivity index (χ4n) is 5.71. The first-order valence-corrected chi connectivity index (χ1v) is 14.4. The van der Waals surface area contributed by atoms with Crippen LogP contribution in [0.2, 0.25) is 0 Å². The summed E-state index contributed by atoms with van der Waals surface area (Å²) >= 11 is 3.48. The third-order valence-electron chi connectivity index (χ3n) is 8.01. The van der Waals surface area contributed by atoms with E-state index < -0.39 is 23.4 Å². The SMILES string of the molecule is CC1C(c2ccc(F)c(F)c2)CCN1C(=O)C(=O)Nc1cc(Br)ccc1CN1CCN(Cc2ccccc2)CC1. The topological polar surface area (TPSA) is 55.9 Å². The molecule has 2 saturated heterocycles. The van der Waals surface area contributed by atoms with Gasteiger partial charge in [-0.3, -0.25) is 19.4 Å². The zero-order valence-corrected chi connectivity index (χ0v) is 24.0. The van der Waals surface area contributed by atoms with Gasteiger partial charge in [-0.25, -0.2) is 8.78 Å². The number of hydrogen-bond acceptors (Lipinski definition) is 4. The Kier molecular flexibility index (Phi) is 8.93. The minimum Gasteiger partial charge on any atom is -0.331 e. The fraction of sp³-hybridized carbons (Fsp3) is 0.355. The van der Waals surface area contributed by atoms with Crippen LogP contribution in [0.15, 0.2) is 71.2 Å². The lowest BCUT2D eigenvalue weighted by atomic mass is 9.92. The van der Waals surface area contributed by atoms with Gasteiger partial charge in [0.05, 0.1) is 0 Å². The van der Waals surface area contributed by atoms with Crippen LogP contribution in [0.25, 0.3) is 0 Å². The van der Waals surface area contributed by atoms with Crippen molar-refractivity contribution >= 4 is 33.4 Å². The average Bonchev–Trinajstić information content (AvgIpc) is 3.34.